The van der Waals surface area contributed by atoms with Gasteiger partial charge in [0.2, 0.25) is 11.8 Å². The van der Waals surface area contributed by atoms with E-state index in [4.69, 9.17) is 4.42 Å². The molecule has 2 heterocycles. The fourth-order valence-corrected chi connectivity index (χ4v) is 4.62. The Bertz CT molecular complexity index is 731. The molecule has 1 aliphatic heterocycles. The van der Waals surface area contributed by atoms with Crippen molar-refractivity contribution >= 4 is 17.7 Å². The summed E-state index contributed by atoms with van der Waals surface area (Å²) < 4.78 is 5.80. The van der Waals surface area contributed by atoms with Gasteiger partial charge in [0.25, 0.3) is 5.22 Å². The third-order valence-electron chi connectivity index (χ3n) is 4.75. The third-order valence-corrected chi connectivity index (χ3v) is 5.89. The van der Waals surface area contributed by atoms with Crippen LogP contribution in [0.4, 0.5) is 0 Å². The van der Waals surface area contributed by atoms with E-state index in [9.17, 15) is 4.79 Å². The zero-order valence-corrected chi connectivity index (χ0v) is 14.4. The molecule has 0 saturated carbocycles. The topological polar surface area (TPSA) is 59.2 Å². The van der Waals surface area contributed by atoms with Gasteiger partial charge in [0.15, 0.2) is 0 Å². The Morgan fingerprint density at radius 3 is 2.96 bits per heavy atom. The van der Waals surface area contributed by atoms with Crippen molar-refractivity contribution in [1.82, 2.24) is 15.1 Å². The summed E-state index contributed by atoms with van der Waals surface area (Å²) in [6, 6.07) is 8.67. The van der Waals surface area contributed by atoms with Crippen LogP contribution in [-0.2, 0) is 17.8 Å². The minimum Gasteiger partial charge on any atom is -0.414 e. The van der Waals surface area contributed by atoms with E-state index >= 15 is 0 Å². The summed E-state index contributed by atoms with van der Waals surface area (Å²) in [5.41, 5.74) is 2.84. The van der Waals surface area contributed by atoms with E-state index in [1.165, 1.54) is 24.0 Å². The lowest BCUT2D eigenvalue weighted by Crippen LogP contribution is -2.23. The molecule has 1 aliphatic carbocycles. The molecule has 0 N–H and O–H groups in total. The second kappa shape index (κ2) is 6.97. The average molecular weight is 343 g/mol. The van der Waals surface area contributed by atoms with Gasteiger partial charge >= 0.3 is 0 Å². The first-order valence-electron chi connectivity index (χ1n) is 8.64. The molecule has 0 radical (unpaired) electrons. The van der Waals surface area contributed by atoms with Crippen molar-refractivity contribution in [2.45, 2.75) is 55.5 Å². The van der Waals surface area contributed by atoms with E-state index in [2.05, 4.69) is 34.5 Å². The number of carbonyl (C=O) groups excluding carboxylic acids is 1. The highest BCUT2D eigenvalue weighted by Gasteiger charge is 2.24. The monoisotopic (exact) mass is 343 g/mol. The SMILES string of the molecule is O=C1CCCN1Cc1nnc(S[C@@H]2CCCCc3ccccc32)o1. The predicted octanol–water partition coefficient (Wildman–Crippen LogP) is 3.75. The van der Waals surface area contributed by atoms with Crippen LogP contribution >= 0.6 is 11.8 Å². The van der Waals surface area contributed by atoms with Crippen LogP contribution in [0.1, 0.15) is 54.4 Å². The lowest BCUT2D eigenvalue weighted by molar-refractivity contribution is -0.128. The fourth-order valence-electron chi connectivity index (χ4n) is 3.50. The van der Waals surface area contributed by atoms with Crippen molar-refractivity contribution < 1.29 is 9.21 Å². The smallest absolute Gasteiger partial charge is 0.277 e. The van der Waals surface area contributed by atoms with E-state index in [-0.39, 0.29) is 5.91 Å². The highest BCUT2D eigenvalue weighted by molar-refractivity contribution is 7.99. The van der Waals surface area contributed by atoms with Crippen LogP contribution in [0.3, 0.4) is 0 Å². The molecule has 4 rings (SSSR count). The van der Waals surface area contributed by atoms with Crippen LogP contribution in [0.15, 0.2) is 33.9 Å². The Labute approximate surface area is 145 Å². The highest BCUT2D eigenvalue weighted by Crippen LogP contribution is 2.41. The number of hydrogen-bond acceptors (Lipinski definition) is 5. The summed E-state index contributed by atoms with van der Waals surface area (Å²) in [6.45, 7) is 1.23. The maximum Gasteiger partial charge on any atom is 0.277 e. The first-order valence-corrected chi connectivity index (χ1v) is 9.52. The molecule has 2 aliphatic rings. The largest absolute Gasteiger partial charge is 0.414 e. The van der Waals surface area contributed by atoms with E-state index in [1.54, 1.807) is 16.7 Å². The molecule has 0 spiro atoms. The Hall–Kier alpha value is -1.82. The Morgan fingerprint density at radius 1 is 1.17 bits per heavy atom. The molecule has 6 heteroatoms. The van der Waals surface area contributed by atoms with Gasteiger partial charge in [-0.15, -0.1) is 10.2 Å². The second-order valence-corrected chi connectivity index (χ2v) is 7.59. The van der Waals surface area contributed by atoms with Gasteiger partial charge in [0, 0.05) is 18.2 Å². The molecule has 1 fully saturated rings. The fraction of sp³-hybridized carbons (Fsp3) is 0.500. The molecule has 126 valence electrons. The summed E-state index contributed by atoms with van der Waals surface area (Å²) in [5, 5.41) is 9.29. The Kier molecular flexibility index (Phi) is 4.56. The molecule has 1 aromatic carbocycles. The van der Waals surface area contributed by atoms with Gasteiger partial charge in [-0.2, -0.15) is 0 Å². The van der Waals surface area contributed by atoms with E-state index in [0.717, 1.165) is 25.8 Å². The Balaban J connectivity index is 1.47. The number of fused-ring (bicyclic) bond motifs is 1. The number of aromatic nitrogens is 2. The summed E-state index contributed by atoms with van der Waals surface area (Å²) in [7, 11) is 0. The quantitative estimate of drug-likeness (QED) is 0.791. The lowest BCUT2D eigenvalue weighted by Gasteiger charge is -2.15. The van der Waals surface area contributed by atoms with Crippen molar-refractivity contribution in [2.24, 2.45) is 0 Å². The zero-order valence-electron chi connectivity index (χ0n) is 13.6. The molecule has 24 heavy (non-hydrogen) atoms. The maximum atomic E-state index is 11.7. The summed E-state index contributed by atoms with van der Waals surface area (Å²) in [4.78, 5) is 13.5. The summed E-state index contributed by atoms with van der Waals surface area (Å²) >= 11 is 1.66. The van der Waals surface area contributed by atoms with Gasteiger partial charge in [0.05, 0.1) is 6.54 Å². The van der Waals surface area contributed by atoms with Gasteiger partial charge in [0.1, 0.15) is 0 Å². The lowest BCUT2D eigenvalue weighted by atomic mass is 10.0. The molecule has 1 aromatic heterocycles. The molecule has 1 saturated heterocycles. The van der Waals surface area contributed by atoms with Crippen molar-refractivity contribution in [2.75, 3.05) is 6.54 Å². The van der Waals surface area contributed by atoms with Crippen LogP contribution in [0, 0.1) is 0 Å². The van der Waals surface area contributed by atoms with Gasteiger partial charge in [-0.25, -0.2) is 0 Å². The third kappa shape index (κ3) is 3.34. The van der Waals surface area contributed by atoms with E-state index in [0.29, 0.717) is 29.3 Å². The minimum atomic E-state index is 0.181. The van der Waals surface area contributed by atoms with Crippen LogP contribution in [0.5, 0.6) is 0 Å². The number of hydrogen-bond donors (Lipinski definition) is 0. The van der Waals surface area contributed by atoms with Crippen molar-refractivity contribution in [3.05, 3.63) is 41.3 Å². The normalized spacial score (nSPS) is 20.9. The van der Waals surface area contributed by atoms with Gasteiger partial charge in [-0.1, -0.05) is 42.4 Å². The van der Waals surface area contributed by atoms with Crippen LogP contribution in [-0.4, -0.2) is 27.5 Å². The van der Waals surface area contributed by atoms with E-state index < -0.39 is 0 Å². The van der Waals surface area contributed by atoms with Crippen LogP contribution < -0.4 is 0 Å². The number of thioether (sulfide) groups is 1. The maximum absolute atomic E-state index is 11.7. The molecule has 2 aromatic rings. The number of carbonyl (C=O) groups is 1. The number of rotatable bonds is 4. The van der Waals surface area contributed by atoms with Crippen molar-refractivity contribution in [3.8, 4) is 0 Å². The second-order valence-electron chi connectivity index (χ2n) is 6.43. The number of nitrogens with zero attached hydrogens (tertiary/aromatic N) is 3. The molecular weight excluding hydrogens is 322 g/mol. The average Bonchev–Trinajstić information content (AvgIpc) is 3.14. The number of aryl methyl sites for hydroxylation is 1. The van der Waals surface area contributed by atoms with E-state index in [1.807, 2.05) is 0 Å². The molecule has 1 amide bonds. The Morgan fingerprint density at radius 2 is 2.08 bits per heavy atom. The molecule has 5 nitrogen and oxygen atoms in total. The van der Waals surface area contributed by atoms with Gasteiger partial charge in [-0.05, 0) is 36.8 Å². The first-order chi connectivity index (χ1) is 11.8. The van der Waals surface area contributed by atoms with Gasteiger partial charge < -0.3 is 9.32 Å². The van der Waals surface area contributed by atoms with Gasteiger partial charge in [-0.3, -0.25) is 4.79 Å². The highest BCUT2D eigenvalue weighted by atomic mass is 32.2. The molecule has 1 atom stereocenters. The molecule has 0 bridgehead atoms. The van der Waals surface area contributed by atoms with Crippen molar-refractivity contribution in [3.63, 3.8) is 0 Å². The predicted molar refractivity (Wildman–Crippen MR) is 91.5 cm³/mol. The minimum absolute atomic E-state index is 0.181. The summed E-state index contributed by atoms with van der Waals surface area (Å²) in [5.74, 6) is 0.717. The van der Waals surface area contributed by atoms with Crippen molar-refractivity contribution in [1.29, 1.82) is 0 Å². The number of amides is 1. The zero-order chi connectivity index (χ0) is 16.4. The summed E-state index contributed by atoms with van der Waals surface area (Å²) in [6.07, 6.45) is 6.29. The van der Waals surface area contributed by atoms with Crippen LogP contribution in [0.2, 0.25) is 0 Å². The van der Waals surface area contributed by atoms with Crippen LogP contribution in [0.25, 0.3) is 0 Å². The molecule has 0 unspecified atom stereocenters. The number of likely N-dealkylation sites (tertiary alicyclic amines) is 1. The number of benzene rings is 1. The standard InChI is InChI=1S/C18H21N3O2S/c22-17-10-5-11-21(17)12-16-19-20-18(23-16)24-15-9-4-2-7-13-6-1-3-8-14(13)15/h1,3,6,8,15H,2,4-5,7,9-12H2/t15-/m1/s1. The first kappa shape index (κ1) is 15.7. The molecular formula is C18H21N3O2S.